The van der Waals surface area contributed by atoms with E-state index in [4.69, 9.17) is 9.15 Å². The summed E-state index contributed by atoms with van der Waals surface area (Å²) < 4.78 is 11.4. The minimum Gasteiger partial charge on any atom is -0.463 e. The molecule has 1 atom stereocenters. The van der Waals surface area contributed by atoms with E-state index in [1.165, 1.54) is 5.56 Å². The highest BCUT2D eigenvalue weighted by atomic mass is 16.5. The Labute approximate surface area is 109 Å². The van der Waals surface area contributed by atoms with Crippen molar-refractivity contribution in [2.75, 3.05) is 26.3 Å². The number of furan rings is 1. The van der Waals surface area contributed by atoms with Crippen LogP contribution in [-0.2, 0) is 17.8 Å². The molecule has 0 aliphatic carbocycles. The predicted octanol–water partition coefficient (Wildman–Crippen LogP) is 1.92. The van der Waals surface area contributed by atoms with Crippen molar-refractivity contribution in [1.29, 1.82) is 0 Å². The molecule has 1 aliphatic rings. The van der Waals surface area contributed by atoms with E-state index in [1.807, 2.05) is 0 Å². The van der Waals surface area contributed by atoms with Gasteiger partial charge in [0.05, 0.1) is 26.3 Å². The lowest BCUT2D eigenvalue weighted by Crippen LogP contribution is -2.42. The Morgan fingerprint density at radius 2 is 2.33 bits per heavy atom. The van der Waals surface area contributed by atoms with Gasteiger partial charge in [0, 0.05) is 12.6 Å². The van der Waals surface area contributed by atoms with E-state index in [1.54, 1.807) is 0 Å². The van der Waals surface area contributed by atoms with Gasteiger partial charge in [0.2, 0.25) is 0 Å². The molecule has 4 heteroatoms. The number of ether oxygens (including phenoxy) is 1. The van der Waals surface area contributed by atoms with E-state index in [0.29, 0.717) is 6.04 Å². The Kier molecular flexibility index (Phi) is 4.80. The number of hydrogen-bond acceptors (Lipinski definition) is 4. The molecule has 0 radical (unpaired) electrons. The fourth-order valence-corrected chi connectivity index (χ4v) is 2.28. The second kappa shape index (κ2) is 6.36. The molecule has 0 bridgehead atoms. The molecule has 2 heterocycles. The molecule has 1 unspecified atom stereocenters. The first-order valence-electron chi connectivity index (χ1n) is 6.81. The summed E-state index contributed by atoms with van der Waals surface area (Å²) in [4.78, 5) is 2.42. The van der Waals surface area contributed by atoms with Gasteiger partial charge < -0.3 is 14.5 Å². The van der Waals surface area contributed by atoms with Crippen LogP contribution in [0.3, 0.4) is 0 Å². The Bertz CT molecular complexity index is 376. The largest absolute Gasteiger partial charge is 0.463 e. The monoisotopic (exact) mass is 252 g/mol. The van der Waals surface area contributed by atoms with Crippen molar-refractivity contribution in [2.24, 2.45) is 0 Å². The quantitative estimate of drug-likeness (QED) is 0.869. The van der Waals surface area contributed by atoms with Gasteiger partial charge in [0.25, 0.3) is 0 Å². The van der Waals surface area contributed by atoms with E-state index < -0.39 is 0 Å². The number of aryl methyl sites for hydroxylation is 1. The molecule has 18 heavy (non-hydrogen) atoms. The number of hydrogen-bond donors (Lipinski definition) is 1. The number of nitrogens with zero attached hydrogens (tertiary/aromatic N) is 1. The number of nitrogens with one attached hydrogen (secondary N) is 1. The molecule has 0 spiro atoms. The minimum atomic E-state index is 0.473. The second-order valence-corrected chi connectivity index (χ2v) is 4.99. The molecule has 1 aromatic rings. The molecule has 1 N–H and O–H groups in total. The van der Waals surface area contributed by atoms with Crippen molar-refractivity contribution in [3.8, 4) is 0 Å². The van der Waals surface area contributed by atoms with Crippen LogP contribution < -0.4 is 5.32 Å². The lowest BCUT2D eigenvalue weighted by Gasteiger charge is -2.32. The summed E-state index contributed by atoms with van der Waals surface area (Å²) in [5.74, 6) is 2.13. The molecule has 1 aliphatic heterocycles. The summed E-state index contributed by atoms with van der Waals surface area (Å²) in [6, 6.07) is 2.64. The van der Waals surface area contributed by atoms with E-state index in [-0.39, 0.29) is 0 Å². The smallest absolute Gasteiger partial charge is 0.120 e. The molecule has 0 aromatic carbocycles. The van der Waals surface area contributed by atoms with Gasteiger partial charge >= 0.3 is 0 Å². The van der Waals surface area contributed by atoms with E-state index in [2.05, 4.69) is 37.1 Å². The maximum atomic E-state index is 5.92. The highest BCUT2D eigenvalue weighted by molar-refractivity contribution is 5.20. The van der Waals surface area contributed by atoms with E-state index in [0.717, 1.165) is 50.9 Å². The second-order valence-electron chi connectivity index (χ2n) is 4.99. The maximum absolute atomic E-state index is 5.92. The molecule has 1 saturated heterocycles. The summed E-state index contributed by atoms with van der Waals surface area (Å²) in [5.41, 5.74) is 1.24. The first kappa shape index (κ1) is 13.6. The summed E-state index contributed by atoms with van der Waals surface area (Å²) in [6.07, 6.45) is 0. The Balaban J connectivity index is 1.96. The summed E-state index contributed by atoms with van der Waals surface area (Å²) in [6.45, 7) is 11.7. The molecule has 2 rings (SSSR count). The summed E-state index contributed by atoms with van der Waals surface area (Å²) in [5, 5.41) is 3.30. The molecule has 1 fully saturated rings. The predicted molar refractivity (Wildman–Crippen MR) is 71.5 cm³/mol. The van der Waals surface area contributed by atoms with Crippen LogP contribution in [0.5, 0.6) is 0 Å². The Morgan fingerprint density at radius 3 is 3.06 bits per heavy atom. The topological polar surface area (TPSA) is 37.6 Å². The van der Waals surface area contributed by atoms with Crippen LogP contribution in [0.1, 0.15) is 30.9 Å². The van der Waals surface area contributed by atoms with Crippen molar-refractivity contribution >= 4 is 0 Å². The average Bonchev–Trinajstić information content (AvgIpc) is 2.70. The molecule has 0 saturated carbocycles. The van der Waals surface area contributed by atoms with Crippen molar-refractivity contribution in [3.63, 3.8) is 0 Å². The SMILES string of the molecule is CCNCc1oc(CN2CCOCC2C)cc1C. The highest BCUT2D eigenvalue weighted by Crippen LogP contribution is 2.18. The van der Waals surface area contributed by atoms with Crippen LogP contribution in [0.4, 0.5) is 0 Å². The first-order valence-corrected chi connectivity index (χ1v) is 6.81. The number of rotatable bonds is 5. The van der Waals surface area contributed by atoms with Crippen molar-refractivity contribution in [1.82, 2.24) is 10.2 Å². The highest BCUT2D eigenvalue weighted by Gasteiger charge is 2.20. The zero-order valence-corrected chi connectivity index (χ0v) is 11.7. The van der Waals surface area contributed by atoms with E-state index in [9.17, 15) is 0 Å². The van der Waals surface area contributed by atoms with Gasteiger partial charge in [-0.05, 0) is 32.0 Å². The zero-order valence-electron chi connectivity index (χ0n) is 11.7. The molecule has 4 nitrogen and oxygen atoms in total. The van der Waals surface area contributed by atoms with Crippen LogP contribution in [0.2, 0.25) is 0 Å². The lowest BCUT2D eigenvalue weighted by molar-refractivity contribution is -0.00722. The third kappa shape index (κ3) is 3.34. The molecule has 0 amide bonds. The Morgan fingerprint density at radius 1 is 1.50 bits per heavy atom. The Hall–Kier alpha value is -0.840. The summed E-state index contributed by atoms with van der Waals surface area (Å²) in [7, 11) is 0. The van der Waals surface area contributed by atoms with Gasteiger partial charge in [-0.25, -0.2) is 0 Å². The van der Waals surface area contributed by atoms with Crippen molar-refractivity contribution in [3.05, 3.63) is 23.2 Å². The molecule has 102 valence electrons. The van der Waals surface area contributed by atoms with Crippen LogP contribution in [0.25, 0.3) is 0 Å². The third-order valence-corrected chi connectivity index (χ3v) is 3.47. The van der Waals surface area contributed by atoms with Gasteiger partial charge in [-0.3, -0.25) is 4.90 Å². The maximum Gasteiger partial charge on any atom is 0.120 e. The third-order valence-electron chi connectivity index (χ3n) is 3.47. The van der Waals surface area contributed by atoms with Gasteiger partial charge in [-0.2, -0.15) is 0 Å². The number of morpholine rings is 1. The van der Waals surface area contributed by atoms with Gasteiger partial charge in [0.1, 0.15) is 11.5 Å². The molecular weight excluding hydrogens is 228 g/mol. The summed E-state index contributed by atoms with van der Waals surface area (Å²) >= 11 is 0. The van der Waals surface area contributed by atoms with Crippen LogP contribution in [0.15, 0.2) is 10.5 Å². The zero-order chi connectivity index (χ0) is 13.0. The first-order chi connectivity index (χ1) is 8.70. The van der Waals surface area contributed by atoms with Crippen molar-refractivity contribution in [2.45, 2.75) is 39.9 Å². The fourth-order valence-electron chi connectivity index (χ4n) is 2.28. The standard InChI is InChI=1S/C14H24N2O2/c1-4-15-8-14-11(2)7-13(18-14)9-16-5-6-17-10-12(16)3/h7,12,15H,4-6,8-10H2,1-3H3. The van der Waals surface area contributed by atoms with Gasteiger partial charge in [-0.15, -0.1) is 0 Å². The lowest BCUT2D eigenvalue weighted by atomic mass is 10.2. The van der Waals surface area contributed by atoms with Crippen LogP contribution >= 0.6 is 0 Å². The molecule has 1 aromatic heterocycles. The fraction of sp³-hybridized carbons (Fsp3) is 0.714. The van der Waals surface area contributed by atoms with Crippen molar-refractivity contribution < 1.29 is 9.15 Å². The normalized spacial score (nSPS) is 21.4. The average molecular weight is 252 g/mol. The minimum absolute atomic E-state index is 0.473. The van der Waals surface area contributed by atoms with Crippen LogP contribution in [-0.4, -0.2) is 37.2 Å². The van der Waals surface area contributed by atoms with Gasteiger partial charge in [0.15, 0.2) is 0 Å². The molecular formula is C14H24N2O2. The van der Waals surface area contributed by atoms with Crippen LogP contribution in [0, 0.1) is 6.92 Å². The van der Waals surface area contributed by atoms with Gasteiger partial charge in [-0.1, -0.05) is 6.92 Å². The van der Waals surface area contributed by atoms with E-state index >= 15 is 0 Å².